The van der Waals surface area contributed by atoms with E-state index in [1.807, 2.05) is 24.3 Å². The summed E-state index contributed by atoms with van der Waals surface area (Å²) in [4.78, 5) is 0. The Balaban J connectivity index is 1.65. The zero-order valence-electron chi connectivity index (χ0n) is 14.4. The Morgan fingerprint density at radius 3 is 2.72 bits per heavy atom. The number of rotatable bonds is 6. The molecule has 0 spiro atoms. The summed E-state index contributed by atoms with van der Waals surface area (Å²) in [6, 6.07) is 12.9. The van der Waals surface area contributed by atoms with Crippen LogP contribution in [0, 0.1) is 11.7 Å². The fourth-order valence-corrected chi connectivity index (χ4v) is 3.27. The lowest BCUT2D eigenvalue weighted by Crippen LogP contribution is -2.30. The number of hydrogen-bond acceptors (Lipinski definition) is 4. The number of benzene rings is 2. The molecule has 6 heteroatoms. The Kier molecular flexibility index (Phi) is 5.91. The molecule has 1 aliphatic rings. The van der Waals surface area contributed by atoms with Crippen LogP contribution in [0.1, 0.15) is 30.1 Å². The second-order valence-electron chi connectivity index (χ2n) is 6.33. The van der Waals surface area contributed by atoms with Crippen LogP contribution in [-0.4, -0.2) is 20.2 Å². The summed E-state index contributed by atoms with van der Waals surface area (Å²) < 4.78 is 19.5. The third-order valence-electron chi connectivity index (χ3n) is 4.69. The molecule has 1 saturated heterocycles. The normalized spacial score (nSPS) is 21.3. The summed E-state index contributed by atoms with van der Waals surface area (Å²) >= 11 is 5.94. The molecule has 0 aliphatic carbocycles. The molecule has 0 aromatic heterocycles. The van der Waals surface area contributed by atoms with Gasteiger partial charge >= 0.3 is 0 Å². The zero-order valence-corrected chi connectivity index (χ0v) is 15.1. The largest absolute Gasteiger partial charge is 0.497 e. The van der Waals surface area contributed by atoms with Gasteiger partial charge in [0.2, 0.25) is 0 Å². The second-order valence-corrected chi connectivity index (χ2v) is 6.77. The van der Waals surface area contributed by atoms with Gasteiger partial charge in [0, 0.05) is 41.7 Å². The molecule has 1 fully saturated rings. The topological polar surface area (TPSA) is 45.3 Å². The van der Waals surface area contributed by atoms with Crippen LogP contribution >= 0.6 is 11.6 Å². The van der Waals surface area contributed by atoms with E-state index in [0.29, 0.717) is 11.3 Å². The molecular formula is C19H23ClFN3O. The predicted molar refractivity (Wildman–Crippen MR) is 98.2 cm³/mol. The van der Waals surface area contributed by atoms with Gasteiger partial charge in [-0.2, -0.15) is 0 Å². The molecule has 1 heterocycles. The van der Waals surface area contributed by atoms with Gasteiger partial charge in [-0.15, -0.1) is 0 Å². The average Bonchev–Trinajstić information content (AvgIpc) is 3.08. The molecule has 3 N–H and O–H groups in total. The van der Waals surface area contributed by atoms with E-state index in [4.69, 9.17) is 16.3 Å². The fourth-order valence-electron chi connectivity index (χ4n) is 3.14. The predicted octanol–water partition coefficient (Wildman–Crippen LogP) is 3.60. The molecule has 0 amide bonds. The third-order valence-corrected chi connectivity index (χ3v) is 4.94. The molecule has 1 aliphatic heterocycles. The highest BCUT2D eigenvalue weighted by atomic mass is 35.5. The Hall–Kier alpha value is -1.66. The maximum Gasteiger partial charge on any atom is 0.131 e. The van der Waals surface area contributed by atoms with E-state index in [0.717, 1.165) is 18.1 Å². The van der Waals surface area contributed by atoms with E-state index >= 15 is 0 Å². The highest BCUT2D eigenvalue weighted by Gasteiger charge is 2.30. The SMILES string of the molecule is COc1ccc(C2NNCC2CNC(C)c2ccc(Cl)cc2)c(F)c1. The van der Waals surface area contributed by atoms with Crippen LogP contribution < -0.4 is 20.9 Å². The molecule has 0 bridgehead atoms. The lowest BCUT2D eigenvalue weighted by Gasteiger charge is -2.22. The van der Waals surface area contributed by atoms with Crippen molar-refractivity contribution in [1.82, 2.24) is 16.2 Å². The summed E-state index contributed by atoms with van der Waals surface area (Å²) in [6.07, 6.45) is 0. The molecule has 3 unspecified atom stereocenters. The maximum atomic E-state index is 14.4. The van der Waals surface area contributed by atoms with Crippen molar-refractivity contribution in [3.05, 3.63) is 64.4 Å². The molecule has 134 valence electrons. The molecule has 0 saturated carbocycles. The van der Waals surface area contributed by atoms with Crippen molar-refractivity contribution in [2.24, 2.45) is 5.92 Å². The number of methoxy groups -OCH3 is 1. The Morgan fingerprint density at radius 2 is 2.04 bits per heavy atom. The molecule has 2 aromatic rings. The van der Waals surface area contributed by atoms with E-state index in [1.54, 1.807) is 12.1 Å². The van der Waals surface area contributed by atoms with Crippen molar-refractivity contribution in [2.45, 2.75) is 19.0 Å². The van der Waals surface area contributed by atoms with Gasteiger partial charge in [-0.1, -0.05) is 29.8 Å². The van der Waals surface area contributed by atoms with Gasteiger partial charge in [-0.25, -0.2) is 9.82 Å². The van der Waals surface area contributed by atoms with Gasteiger partial charge in [0.05, 0.1) is 13.2 Å². The van der Waals surface area contributed by atoms with Gasteiger partial charge in [0.15, 0.2) is 0 Å². The first-order chi connectivity index (χ1) is 12.1. The third kappa shape index (κ3) is 4.30. The molecule has 3 atom stereocenters. The lowest BCUT2D eigenvalue weighted by molar-refractivity contribution is 0.397. The van der Waals surface area contributed by atoms with Crippen molar-refractivity contribution in [3.63, 3.8) is 0 Å². The maximum absolute atomic E-state index is 14.4. The fraction of sp³-hybridized carbons (Fsp3) is 0.368. The Bertz CT molecular complexity index is 710. The minimum absolute atomic E-state index is 0.0872. The average molecular weight is 364 g/mol. The van der Waals surface area contributed by atoms with Gasteiger partial charge in [-0.3, -0.25) is 5.43 Å². The van der Waals surface area contributed by atoms with Gasteiger partial charge in [-0.05, 0) is 30.7 Å². The van der Waals surface area contributed by atoms with E-state index < -0.39 is 0 Å². The number of hydrazine groups is 1. The Labute approximate surface area is 152 Å². The van der Waals surface area contributed by atoms with E-state index in [2.05, 4.69) is 23.1 Å². The van der Waals surface area contributed by atoms with Crippen molar-refractivity contribution in [1.29, 1.82) is 0 Å². The molecular weight excluding hydrogens is 341 g/mol. The summed E-state index contributed by atoms with van der Waals surface area (Å²) in [5.74, 6) is 0.507. The number of nitrogens with one attached hydrogen (secondary N) is 3. The molecule has 0 radical (unpaired) electrons. The van der Waals surface area contributed by atoms with E-state index in [-0.39, 0.29) is 23.8 Å². The lowest BCUT2D eigenvalue weighted by atomic mass is 9.94. The van der Waals surface area contributed by atoms with Crippen LogP contribution in [0.15, 0.2) is 42.5 Å². The first-order valence-electron chi connectivity index (χ1n) is 8.39. The Morgan fingerprint density at radius 1 is 1.28 bits per heavy atom. The van der Waals surface area contributed by atoms with Crippen LogP contribution in [0.2, 0.25) is 5.02 Å². The standard InChI is InChI=1S/C19H23ClFN3O/c1-12(13-3-5-15(20)6-4-13)22-10-14-11-23-24-19(14)17-8-7-16(25-2)9-18(17)21/h3-9,12,14,19,22-24H,10-11H2,1-2H3. The van der Waals surface area contributed by atoms with Gasteiger partial charge in [0.25, 0.3) is 0 Å². The zero-order chi connectivity index (χ0) is 17.8. The number of halogens is 2. The second kappa shape index (κ2) is 8.15. The minimum Gasteiger partial charge on any atom is -0.497 e. The van der Waals surface area contributed by atoms with E-state index in [9.17, 15) is 4.39 Å². The highest BCUT2D eigenvalue weighted by molar-refractivity contribution is 6.30. The van der Waals surface area contributed by atoms with Crippen molar-refractivity contribution < 1.29 is 9.13 Å². The van der Waals surface area contributed by atoms with Crippen LogP contribution in [0.3, 0.4) is 0 Å². The van der Waals surface area contributed by atoms with Crippen molar-refractivity contribution in [3.8, 4) is 5.75 Å². The molecule has 25 heavy (non-hydrogen) atoms. The quantitative estimate of drug-likeness (QED) is 0.733. The van der Waals surface area contributed by atoms with Crippen LogP contribution in [0.5, 0.6) is 5.75 Å². The number of hydrogen-bond donors (Lipinski definition) is 3. The smallest absolute Gasteiger partial charge is 0.131 e. The van der Waals surface area contributed by atoms with Crippen LogP contribution in [0.4, 0.5) is 4.39 Å². The van der Waals surface area contributed by atoms with Crippen LogP contribution in [0.25, 0.3) is 0 Å². The molecule has 3 rings (SSSR count). The summed E-state index contributed by atoms with van der Waals surface area (Å²) in [6.45, 7) is 3.65. The first kappa shape index (κ1) is 18.1. The summed E-state index contributed by atoms with van der Waals surface area (Å²) in [5.41, 5.74) is 8.15. The van der Waals surface area contributed by atoms with Crippen molar-refractivity contribution in [2.75, 3.05) is 20.2 Å². The number of ether oxygens (including phenoxy) is 1. The summed E-state index contributed by atoms with van der Waals surface area (Å²) in [5, 5.41) is 4.26. The summed E-state index contributed by atoms with van der Waals surface area (Å²) in [7, 11) is 1.54. The van der Waals surface area contributed by atoms with Crippen LogP contribution in [-0.2, 0) is 0 Å². The monoisotopic (exact) mass is 363 g/mol. The van der Waals surface area contributed by atoms with Crippen molar-refractivity contribution >= 4 is 11.6 Å². The minimum atomic E-state index is -0.253. The molecule has 2 aromatic carbocycles. The van der Waals surface area contributed by atoms with E-state index in [1.165, 1.54) is 18.7 Å². The van der Waals surface area contributed by atoms with Gasteiger partial charge in [0.1, 0.15) is 11.6 Å². The first-order valence-corrected chi connectivity index (χ1v) is 8.77. The molecule has 4 nitrogen and oxygen atoms in total. The highest BCUT2D eigenvalue weighted by Crippen LogP contribution is 2.29. The van der Waals surface area contributed by atoms with Gasteiger partial charge < -0.3 is 10.1 Å².